The Balaban J connectivity index is 1.69. The highest BCUT2D eigenvalue weighted by Gasteiger charge is 2.67. The molecular formula is C32H42O3. The van der Waals surface area contributed by atoms with E-state index >= 15 is 0 Å². The van der Waals surface area contributed by atoms with Crippen molar-refractivity contribution in [3.05, 3.63) is 34.4 Å². The monoisotopic (exact) mass is 474 g/mol. The highest BCUT2D eigenvalue weighted by Crippen LogP contribution is 2.75. The number of terminal acetylenes is 1. The Labute approximate surface area is 211 Å². The summed E-state index contributed by atoms with van der Waals surface area (Å²) in [5.74, 6) is 3.47. The van der Waals surface area contributed by atoms with Gasteiger partial charge in [-0.2, -0.15) is 0 Å². The highest BCUT2D eigenvalue weighted by atomic mass is 16.3. The van der Waals surface area contributed by atoms with E-state index in [9.17, 15) is 15.0 Å². The molecule has 3 saturated carbocycles. The minimum Gasteiger partial charge on any atom is -0.504 e. The van der Waals surface area contributed by atoms with E-state index in [0.29, 0.717) is 17.3 Å². The molecule has 0 bridgehead atoms. The Morgan fingerprint density at radius 2 is 1.69 bits per heavy atom. The molecule has 4 aliphatic rings. The van der Waals surface area contributed by atoms with Crippen molar-refractivity contribution in [3.63, 3.8) is 0 Å². The number of phenolic OH excluding ortho intramolecular Hbond substituents is 2. The SMILES string of the molecule is C#CC1C=C2[C@@](C)(CC[C@@]3(C)[C@@H]4C[C@](C)(C(C)=O)CC[C@]4(C)CC[C@]23C)c2cc(O)c(O)c(C)c21. The molecule has 2 N–H and O–H groups in total. The van der Waals surface area contributed by atoms with Crippen molar-refractivity contribution in [3.8, 4) is 23.8 Å². The van der Waals surface area contributed by atoms with Crippen LogP contribution in [0.15, 0.2) is 17.7 Å². The van der Waals surface area contributed by atoms with Crippen molar-refractivity contribution in [2.24, 2.45) is 27.6 Å². The summed E-state index contributed by atoms with van der Waals surface area (Å²) in [6, 6.07) is 1.78. The predicted molar refractivity (Wildman–Crippen MR) is 140 cm³/mol. The van der Waals surface area contributed by atoms with E-state index in [0.717, 1.165) is 49.7 Å². The number of benzene rings is 1. The second kappa shape index (κ2) is 7.18. The largest absolute Gasteiger partial charge is 0.504 e. The Kier molecular flexibility index (Phi) is 5.02. The summed E-state index contributed by atoms with van der Waals surface area (Å²) >= 11 is 0. The van der Waals surface area contributed by atoms with Gasteiger partial charge in [0.2, 0.25) is 0 Å². The van der Waals surface area contributed by atoms with Crippen LogP contribution in [0.25, 0.3) is 0 Å². The van der Waals surface area contributed by atoms with Gasteiger partial charge in [0.1, 0.15) is 5.78 Å². The molecule has 1 aromatic carbocycles. The zero-order valence-corrected chi connectivity index (χ0v) is 22.6. The van der Waals surface area contributed by atoms with Crippen LogP contribution in [0.5, 0.6) is 11.5 Å². The van der Waals surface area contributed by atoms with Gasteiger partial charge in [0.25, 0.3) is 0 Å². The van der Waals surface area contributed by atoms with Crippen molar-refractivity contribution in [2.45, 2.75) is 105 Å². The average Bonchev–Trinajstić information content (AvgIpc) is 2.80. The number of fused-ring (bicyclic) bond motifs is 7. The molecule has 0 radical (unpaired) electrons. The van der Waals surface area contributed by atoms with Crippen molar-refractivity contribution >= 4 is 5.78 Å². The molecule has 35 heavy (non-hydrogen) atoms. The van der Waals surface area contributed by atoms with E-state index in [4.69, 9.17) is 6.42 Å². The highest BCUT2D eigenvalue weighted by molar-refractivity contribution is 5.82. The third-order valence-electron chi connectivity index (χ3n) is 12.1. The fraction of sp³-hybridized carbons (Fsp3) is 0.656. The van der Waals surface area contributed by atoms with Crippen LogP contribution in [0.4, 0.5) is 0 Å². The molecule has 3 nitrogen and oxygen atoms in total. The smallest absolute Gasteiger partial charge is 0.160 e. The summed E-state index contributed by atoms with van der Waals surface area (Å²) in [5, 5.41) is 21.1. The third kappa shape index (κ3) is 2.89. The summed E-state index contributed by atoms with van der Waals surface area (Å²) < 4.78 is 0. The lowest BCUT2D eigenvalue weighted by molar-refractivity contribution is -0.165. The molecule has 7 atom stereocenters. The summed E-state index contributed by atoms with van der Waals surface area (Å²) in [5.41, 5.74) is 3.98. The first-order chi connectivity index (χ1) is 16.2. The Bertz CT molecular complexity index is 1200. The van der Waals surface area contributed by atoms with Gasteiger partial charge in [-0.15, -0.1) is 6.42 Å². The van der Waals surface area contributed by atoms with Crippen molar-refractivity contribution in [1.29, 1.82) is 0 Å². The first-order valence-corrected chi connectivity index (χ1v) is 13.4. The summed E-state index contributed by atoms with van der Waals surface area (Å²) in [6.45, 7) is 15.6. The zero-order valence-electron chi connectivity index (χ0n) is 22.6. The maximum Gasteiger partial charge on any atom is 0.160 e. The molecule has 0 aromatic heterocycles. The molecule has 4 aliphatic carbocycles. The van der Waals surface area contributed by atoms with Crippen LogP contribution in [-0.2, 0) is 10.2 Å². The fourth-order valence-corrected chi connectivity index (χ4v) is 9.19. The molecule has 0 heterocycles. The zero-order chi connectivity index (χ0) is 25.8. The van der Waals surface area contributed by atoms with Gasteiger partial charge in [-0.3, -0.25) is 4.79 Å². The van der Waals surface area contributed by atoms with Crippen molar-refractivity contribution in [2.75, 3.05) is 0 Å². The third-order valence-corrected chi connectivity index (χ3v) is 12.1. The quantitative estimate of drug-likeness (QED) is 0.255. The number of hydrogen-bond acceptors (Lipinski definition) is 3. The van der Waals surface area contributed by atoms with Gasteiger partial charge in [-0.1, -0.05) is 52.2 Å². The lowest BCUT2D eigenvalue weighted by Gasteiger charge is -2.70. The van der Waals surface area contributed by atoms with Gasteiger partial charge >= 0.3 is 0 Å². The maximum atomic E-state index is 12.8. The lowest BCUT2D eigenvalue weighted by atomic mass is 9.34. The van der Waals surface area contributed by atoms with Crippen LogP contribution in [0.3, 0.4) is 0 Å². The number of carbonyl (C=O) groups excluding carboxylic acids is 1. The average molecular weight is 475 g/mol. The maximum absolute atomic E-state index is 12.8. The van der Waals surface area contributed by atoms with E-state index in [2.05, 4.69) is 46.6 Å². The van der Waals surface area contributed by atoms with Gasteiger partial charge in [-0.25, -0.2) is 0 Å². The summed E-state index contributed by atoms with van der Waals surface area (Å²) in [6.07, 6.45) is 15.9. The second-order valence-electron chi connectivity index (χ2n) is 13.7. The number of phenols is 2. The molecule has 0 aliphatic heterocycles. The molecule has 5 rings (SSSR count). The predicted octanol–water partition coefficient (Wildman–Crippen LogP) is 7.32. The normalized spacial score (nSPS) is 44.1. The second-order valence-corrected chi connectivity index (χ2v) is 13.7. The number of Topliss-reactive ketones (excluding diaryl/α,β-unsaturated/α-hetero) is 1. The van der Waals surface area contributed by atoms with E-state index < -0.39 is 0 Å². The van der Waals surface area contributed by atoms with E-state index in [1.54, 1.807) is 13.0 Å². The first kappa shape index (κ1) is 24.5. The molecule has 3 fully saturated rings. The standard InChI is InChI=1S/C32H42O3/c1-9-21-16-24-30(6,22-17-23(34)27(35)19(2)26(21)22)13-15-32(8)25-18-29(5,20(3)33)11-10-28(25,4)12-14-31(24,32)7/h1,16-17,21,25,34-35H,10-15,18H2,2-8H3/t21?,25-,28-,29-,30+,31-,32+/m1/s1. The van der Waals surface area contributed by atoms with Gasteiger partial charge in [0.05, 0.1) is 5.92 Å². The number of carbonyl (C=O) groups is 1. The molecule has 1 aromatic rings. The minimum absolute atomic E-state index is 0.0482. The Hall–Kier alpha value is -2.21. The molecular weight excluding hydrogens is 432 g/mol. The van der Waals surface area contributed by atoms with Gasteiger partial charge in [-0.05, 0) is 104 Å². The van der Waals surface area contributed by atoms with E-state index in [-0.39, 0.29) is 44.5 Å². The van der Waals surface area contributed by atoms with Crippen LogP contribution in [0, 0.1) is 46.8 Å². The molecule has 0 amide bonds. The molecule has 1 unspecified atom stereocenters. The van der Waals surface area contributed by atoms with Crippen molar-refractivity contribution in [1.82, 2.24) is 0 Å². The van der Waals surface area contributed by atoms with Crippen LogP contribution >= 0.6 is 0 Å². The lowest BCUT2D eigenvalue weighted by Crippen LogP contribution is -2.62. The molecule has 0 saturated heterocycles. The molecule has 3 heteroatoms. The van der Waals surface area contributed by atoms with Gasteiger partial charge in [0, 0.05) is 10.8 Å². The van der Waals surface area contributed by atoms with Crippen LogP contribution in [0.2, 0.25) is 0 Å². The topological polar surface area (TPSA) is 57.5 Å². The van der Waals surface area contributed by atoms with Crippen LogP contribution < -0.4 is 0 Å². The van der Waals surface area contributed by atoms with Crippen molar-refractivity contribution < 1.29 is 15.0 Å². The van der Waals surface area contributed by atoms with Crippen LogP contribution in [-0.4, -0.2) is 16.0 Å². The van der Waals surface area contributed by atoms with Gasteiger partial charge < -0.3 is 10.2 Å². The Morgan fingerprint density at radius 3 is 2.31 bits per heavy atom. The number of hydrogen-bond donors (Lipinski definition) is 2. The summed E-state index contributed by atoms with van der Waals surface area (Å²) in [7, 11) is 0. The molecule has 188 valence electrons. The Morgan fingerprint density at radius 1 is 1.03 bits per heavy atom. The number of aromatic hydroxyl groups is 2. The van der Waals surface area contributed by atoms with Gasteiger partial charge in [0.15, 0.2) is 11.5 Å². The molecule has 0 spiro atoms. The minimum atomic E-state index is -0.237. The first-order valence-electron chi connectivity index (χ1n) is 13.4. The number of allylic oxidation sites excluding steroid dienone is 2. The van der Waals surface area contributed by atoms with E-state index in [1.165, 1.54) is 12.0 Å². The fourth-order valence-electron chi connectivity index (χ4n) is 9.19. The van der Waals surface area contributed by atoms with E-state index in [1.807, 2.05) is 6.92 Å². The van der Waals surface area contributed by atoms with Crippen LogP contribution in [0.1, 0.15) is 109 Å². The summed E-state index contributed by atoms with van der Waals surface area (Å²) in [4.78, 5) is 12.8. The number of ketones is 1. The number of rotatable bonds is 1.